The Morgan fingerprint density at radius 3 is 1.58 bits per heavy atom. The minimum Gasteiger partial charge on any atom is -0.245 e. The van der Waals surface area contributed by atoms with Crippen LogP contribution in [0.5, 0.6) is 0 Å². The summed E-state index contributed by atoms with van der Waals surface area (Å²) in [5.74, 6) is 0. The van der Waals surface area contributed by atoms with Crippen molar-refractivity contribution in [2.24, 2.45) is 0 Å². The van der Waals surface area contributed by atoms with Crippen LogP contribution in [0.15, 0.2) is 152 Å². The number of thiophene rings is 1. The van der Waals surface area contributed by atoms with Gasteiger partial charge in [0.15, 0.2) is 0 Å². The Hall–Kier alpha value is -5.31. The van der Waals surface area contributed by atoms with Crippen LogP contribution in [-0.4, -0.2) is 4.98 Å². The van der Waals surface area contributed by atoms with Crippen LogP contribution in [0.4, 0.5) is 0 Å². The largest absolute Gasteiger partial charge is 0.245 e. The molecule has 1 nitrogen and oxygen atoms in total. The van der Waals surface area contributed by atoms with Gasteiger partial charge in [-0.3, -0.25) is 0 Å². The Morgan fingerprint density at radius 1 is 0.372 bits per heavy atom. The van der Waals surface area contributed by atoms with Crippen molar-refractivity contribution >= 4 is 31.6 Å². The molecule has 0 aliphatic heterocycles. The number of nitrogens with zero attached hydrogens (tertiary/aromatic N) is 1. The van der Waals surface area contributed by atoms with Gasteiger partial charge in [0.05, 0.1) is 0 Å². The maximum Gasteiger partial charge on any atom is 0.124 e. The molecule has 2 heterocycles. The first-order chi connectivity index (χ1) is 21.3. The quantitative estimate of drug-likeness (QED) is 0.204. The molecule has 43 heavy (non-hydrogen) atoms. The fourth-order valence-electron chi connectivity index (χ4n) is 6.86. The van der Waals surface area contributed by atoms with E-state index < -0.39 is 0 Å². The third-order valence-electron chi connectivity index (χ3n) is 8.75. The SMILES string of the molecule is c1cc(-c2cccc3c2-c2ccccc2-c2ccccc2-c2ccccc2-3)cc(-c2cccc3c2sc2ncccc23)c1. The lowest BCUT2D eigenvalue weighted by Crippen LogP contribution is -1.98. The van der Waals surface area contributed by atoms with Crippen LogP contribution in [0.1, 0.15) is 0 Å². The highest BCUT2D eigenvalue weighted by Crippen LogP contribution is 2.50. The molecule has 0 bridgehead atoms. The summed E-state index contributed by atoms with van der Waals surface area (Å²) in [6.07, 6.45) is 1.88. The van der Waals surface area contributed by atoms with E-state index in [4.69, 9.17) is 0 Å². The van der Waals surface area contributed by atoms with Crippen molar-refractivity contribution in [1.82, 2.24) is 4.98 Å². The van der Waals surface area contributed by atoms with Crippen molar-refractivity contribution in [3.05, 3.63) is 152 Å². The third kappa shape index (κ3) is 3.74. The molecule has 6 aromatic carbocycles. The predicted molar refractivity (Wildman–Crippen MR) is 183 cm³/mol. The Morgan fingerprint density at radius 2 is 0.860 bits per heavy atom. The summed E-state index contributed by atoms with van der Waals surface area (Å²) in [5, 5.41) is 2.49. The highest BCUT2D eigenvalue weighted by Gasteiger charge is 2.24. The molecule has 2 heteroatoms. The van der Waals surface area contributed by atoms with Gasteiger partial charge in [-0.1, -0.05) is 127 Å². The van der Waals surface area contributed by atoms with E-state index in [-0.39, 0.29) is 0 Å². The number of hydrogen-bond acceptors (Lipinski definition) is 2. The molecule has 0 spiro atoms. The van der Waals surface area contributed by atoms with Crippen molar-refractivity contribution in [2.45, 2.75) is 0 Å². The van der Waals surface area contributed by atoms with E-state index in [9.17, 15) is 0 Å². The Balaban J connectivity index is 1.31. The molecule has 0 radical (unpaired) electrons. The Bertz CT molecular complexity index is 2350. The fourth-order valence-corrected chi connectivity index (χ4v) is 8.04. The van der Waals surface area contributed by atoms with Gasteiger partial charge >= 0.3 is 0 Å². The summed E-state index contributed by atoms with van der Waals surface area (Å²) >= 11 is 1.78. The fraction of sp³-hybridized carbons (Fsp3) is 0. The van der Waals surface area contributed by atoms with E-state index in [2.05, 4.69) is 145 Å². The maximum absolute atomic E-state index is 4.66. The van der Waals surface area contributed by atoms with Crippen LogP contribution in [0.2, 0.25) is 0 Å². The van der Waals surface area contributed by atoms with E-state index >= 15 is 0 Å². The summed E-state index contributed by atoms with van der Waals surface area (Å²) in [6.45, 7) is 0. The lowest BCUT2D eigenvalue weighted by atomic mass is 9.78. The average Bonchev–Trinajstić information content (AvgIpc) is 3.46. The Labute approximate surface area is 254 Å². The van der Waals surface area contributed by atoms with Gasteiger partial charge in [-0.25, -0.2) is 4.98 Å². The van der Waals surface area contributed by atoms with Crippen molar-refractivity contribution in [3.63, 3.8) is 0 Å². The summed E-state index contributed by atoms with van der Waals surface area (Å²) in [5.41, 5.74) is 15.1. The normalized spacial score (nSPS) is 11.7. The van der Waals surface area contributed by atoms with Gasteiger partial charge in [-0.15, -0.1) is 11.3 Å². The van der Waals surface area contributed by atoms with Crippen molar-refractivity contribution in [3.8, 4) is 66.8 Å². The van der Waals surface area contributed by atoms with Crippen LogP contribution >= 0.6 is 11.3 Å². The first-order valence-corrected chi connectivity index (χ1v) is 15.5. The lowest BCUT2D eigenvalue weighted by Gasteiger charge is -2.25. The average molecular weight is 564 g/mol. The zero-order valence-electron chi connectivity index (χ0n) is 23.3. The molecule has 2 aromatic heterocycles. The second-order valence-corrected chi connectivity index (χ2v) is 12.1. The minimum atomic E-state index is 1.08. The molecule has 200 valence electrons. The van der Waals surface area contributed by atoms with E-state index in [0.717, 1.165) is 4.83 Å². The molecule has 0 saturated heterocycles. The molecular formula is C41H25NS. The third-order valence-corrected chi connectivity index (χ3v) is 9.91. The van der Waals surface area contributed by atoms with Gasteiger partial charge in [0.25, 0.3) is 0 Å². The number of pyridine rings is 1. The summed E-state index contributed by atoms with van der Waals surface area (Å²) in [7, 11) is 0. The topological polar surface area (TPSA) is 12.9 Å². The van der Waals surface area contributed by atoms with Crippen LogP contribution in [0.25, 0.3) is 87.1 Å². The van der Waals surface area contributed by atoms with Gasteiger partial charge in [-0.05, 0) is 85.0 Å². The molecule has 8 aromatic rings. The monoisotopic (exact) mass is 563 g/mol. The molecule has 0 unspecified atom stereocenters. The van der Waals surface area contributed by atoms with Gasteiger partial charge < -0.3 is 0 Å². The smallest absolute Gasteiger partial charge is 0.124 e. The summed E-state index contributed by atoms with van der Waals surface area (Å²) in [4.78, 5) is 5.74. The molecule has 0 atom stereocenters. The predicted octanol–water partition coefficient (Wildman–Crippen LogP) is 11.8. The first kappa shape index (κ1) is 24.3. The van der Waals surface area contributed by atoms with Crippen LogP contribution in [-0.2, 0) is 0 Å². The molecule has 1 aliphatic rings. The van der Waals surface area contributed by atoms with Gasteiger partial charge in [0.1, 0.15) is 4.83 Å². The maximum atomic E-state index is 4.66. The van der Waals surface area contributed by atoms with Gasteiger partial charge in [0, 0.05) is 21.7 Å². The number of hydrogen-bond donors (Lipinski definition) is 0. The van der Waals surface area contributed by atoms with E-state index in [1.54, 1.807) is 11.3 Å². The highest BCUT2D eigenvalue weighted by molar-refractivity contribution is 7.26. The lowest BCUT2D eigenvalue weighted by molar-refractivity contribution is 1.45. The number of fused-ring (bicyclic) bond motifs is 11. The molecule has 0 N–H and O–H groups in total. The first-order valence-electron chi connectivity index (χ1n) is 14.6. The Kier molecular flexibility index (Phi) is 5.44. The molecular weight excluding hydrogens is 539 g/mol. The van der Waals surface area contributed by atoms with Crippen molar-refractivity contribution in [2.75, 3.05) is 0 Å². The number of benzene rings is 6. The number of aromatic nitrogens is 1. The summed E-state index contributed by atoms with van der Waals surface area (Å²) < 4.78 is 1.28. The van der Waals surface area contributed by atoms with Crippen LogP contribution in [0, 0.1) is 0 Å². The molecule has 0 amide bonds. The minimum absolute atomic E-state index is 1.08. The second kappa shape index (κ2) is 9.62. The zero-order chi connectivity index (χ0) is 28.3. The second-order valence-electron chi connectivity index (χ2n) is 11.1. The van der Waals surface area contributed by atoms with Crippen molar-refractivity contribution < 1.29 is 0 Å². The molecule has 1 aliphatic carbocycles. The highest BCUT2D eigenvalue weighted by atomic mass is 32.1. The number of rotatable bonds is 2. The van der Waals surface area contributed by atoms with Gasteiger partial charge in [0.2, 0.25) is 0 Å². The molecule has 0 fully saturated rings. The van der Waals surface area contributed by atoms with E-state index in [0.29, 0.717) is 0 Å². The standard InChI is InChI=1S/C41H25NS/c1-2-14-31-30(13-1)32-15-3-4-16-34(32)36-21-8-19-28(39(36)35-18-6-5-17-33(31)35)26-11-7-12-27(25-26)29-20-9-22-37-38-23-10-24-42-41(38)43-40(29)37/h1-25H. The molecule has 9 rings (SSSR count). The van der Waals surface area contributed by atoms with E-state index in [1.165, 1.54) is 82.2 Å². The van der Waals surface area contributed by atoms with Crippen molar-refractivity contribution in [1.29, 1.82) is 0 Å². The molecule has 0 saturated carbocycles. The zero-order valence-corrected chi connectivity index (χ0v) is 24.1. The summed E-state index contributed by atoms with van der Waals surface area (Å²) in [6, 6.07) is 53.3. The van der Waals surface area contributed by atoms with Crippen LogP contribution < -0.4 is 0 Å². The van der Waals surface area contributed by atoms with Crippen LogP contribution in [0.3, 0.4) is 0 Å². The van der Waals surface area contributed by atoms with E-state index in [1.807, 2.05) is 12.3 Å². The van der Waals surface area contributed by atoms with Gasteiger partial charge in [-0.2, -0.15) is 0 Å².